The Bertz CT molecular complexity index is 1220. The Labute approximate surface area is 195 Å². The summed E-state index contributed by atoms with van der Waals surface area (Å²) in [5.74, 6) is -0.617. The predicted molar refractivity (Wildman–Crippen MR) is 119 cm³/mol. The molecule has 4 rings (SSSR count). The number of sulfone groups is 1. The first-order valence-electron chi connectivity index (χ1n) is 10.7. The van der Waals surface area contributed by atoms with Crippen molar-refractivity contribution in [2.75, 3.05) is 32.4 Å². The Balaban J connectivity index is 1.46. The lowest BCUT2D eigenvalue weighted by molar-refractivity contribution is -0.137. The molecule has 2 heterocycles. The second-order valence-corrected chi connectivity index (χ2v) is 10.8. The molecule has 2 saturated heterocycles. The van der Waals surface area contributed by atoms with E-state index in [1.165, 1.54) is 6.07 Å². The molecule has 0 aliphatic carbocycles. The Morgan fingerprint density at radius 1 is 1.00 bits per heavy atom. The van der Waals surface area contributed by atoms with Crippen molar-refractivity contribution in [2.24, 2.45) is 11.7 Å². The van der Waals surface area contributed by atoms with Gasteiger partial charge >= 0.3 is 12.2 Å². The van der Waals surface area contributed by atoms with E-state index in [4.69, 9.17) is 5.73 Å². The first-order valence-corrected chi connectivity index (χ1v) is 12.6. The fraction of sp³-hybridized carbons (Fsp3) is 0.391. The molecule has 182 valence electrons. The van der Waals surface area contributed by atoms with E-state index < -0.39 is 27.5 Å². The molecule has 0 unspecified atom stereocenters. The SMILES string of the molecule is CS(=O)(=O)c1cc(C(F)(F)F)ccc1-c1ccc(C2CN(C(=O)N3CC[C@H](C(N)=O)C3)C2)cc1. The maximum Gasteiger partial charge on any atom is 0.416 e. The number of amides is 3. The highest BCUT2D eigenvalue weighted by molar-refractivity contribution is 7.90. The van der Waals surface area contributed by atoms with Crippen LogP contribution in [0.1, 0.15) is 23.5 Å². The number of rotatable bonds is 4. The molecule has 2 aliphatic rings. The minimum atomic E-state index is -4.65. The van der Waals surface area contributed by atoms with Crippen molar-refractivity contribution in [3.63, 3.8) is 0 Å². The topological polar surface area (TPSA) is 101 Å². The van der Waals surface area contributed by atoms with Crippen molar-refractivity contribution >= 4 is 21.8 Å². The lowest BCUT2D eigenvalue weighted by Crippen LogP contribution is -2.53. The molecule has 11 heteroatoms. The number of hydrogen-bond acceptors (Lipinski definition) is 4. The van der Waals surface area contributed by atoms with Gasteiger partial charge < -0.3 is 15.5 Å². The molecule has 2 N–H and O–H groups in total. The molecule has 1 atom stereocenters. The number of carbonyl (C=O) groups excluding carboxylic acids is 2. The van der Waals surface area contributed by atoms with Gasteiger partial charge in [0.15, 0.2) is 9.84 Å². The number of nitrogens with two attached hydrogens (primary N) is 1. The van der Waals surface area contributed by atoms with E-state index in [1.54, 1.807) is 34.1 Å². The normalized spacial score (nSPS) is 19.2. The lowest BCUT2D eigenvalue weighted by atomic mass is 9.90. The number of alkyl halides is 3. The summed E-state index contributed by atoms with van der Waals surface area (Å²) in [6, 6.07) is 9.52. The second-order valence-electron chi connectivity index (χ2n) is 8.82. The Morgan fingerprint density at radius 2 is 1.65 bits per heavy atom. The first kappa shape index (κ1) is 24.1. The van der Waals surface area contributed by atoms with E-state index >= 15 is 0 Å². The van der Waals surface area contributed by atoms with Crippen molar-refractivity contribution in [3.05, 3.63) is 53.6 Å². The van der Waals surface area contributed by atoms with Crippen molar-refractivity contribution in [1.82, 2.24) is 9.80 Å². The standard InChI is InChI=1S/C23H24F3N3O4S/c1-34(32,33)20-10-18(23(24,25)26)6-7-19(20)15-4-2-14(3-5-15)17-12-29(13-17)22(31)28-9-8-16(11-28)21(27)30/h2-7,10,16-17H,8-9,11-13H2,1H3,(H2,27,30)/t16-/m0/s1. The third-order valence-corrected chi connectivity index (χ3v) is 7.55. The summed E-state index contributed by atoms with van der Waals surface area (Å²) in [4.78, 5) is 26.9. The van der Waals surface area contributed by atoms with Crippen molar-refractivity contribution in [2.45, 2.75) is 23.4 Å². The smallest absolute Gasteiger partial charge is 0.369 e. The van der Waals surface area contributed by atoms with Gasteiger partial charge in [0.05, 0.1) is 16.4 Å². The molecule has 0 saturated carbocycles. The van der Waals surface area contributed by atoms with Crippen LogP contribution in [0.15, 0.2) is 47.4 Å². The Hall–Kier alpha value is -3.08. The van der Waals surface area contributed by atoms with E-state index in [0.717, 1.165) is 17.9 Å². The van der Waals surface area contributed by atoms with Crippen LogP contribution in [0.3, 0.4) is 0 Å². The zero-order valence-electron chi connectivity index (χ0n) is 18.4. The zero-order chi connectivity index (χ0) is 24.8. The van der Waals surface area contributed by atoms with Gasteiger partial charge in [-0.3, -0.25) is 4.79 Å². The van der Waals surface area contributed by atoms with E-state index in [9.17, 15) is 31.2 Å². The van der Waals surface area contributed by atoms with Gasteiger partial charge in [-0.2, -0.15) is 13.2 Å². The summed E-state index contributed by atoms with van der Waals surface area (Å²) >= 11 is 0. The Kier molecular flexibility index (Phi) is 6.09. The summed E-state index contributed by atoms with van der Waals surface area (Å²) in [6.07, 6.45) is -3.20. The molecular weight excluding hydrogens is 471 g/mol. The molecule has 3 amide bonds. The number of nitrogens with zero attached hydrogens (tertiary/aromatic N) is 2. The first-order chi connectivity index (χ1) is 15.8. The van der Waals surface area contributed by atoms with Crippen LogP contribution < -0.4 is 5.73 Å². The highest BCUT2D eigenvalue weighted by Gasteiger charge is 2.38. The summed E-state index contributed by atoms with van der Waals surface area (Å²) in [7, 11) is -3.90. The van der Waals surface area contributed by atoms with Crippen molar-refractivity contribution < 1.29 is 31.2 Å². The summed E-state index contributed by atoms with van der Waals surface area (Å²) in [6.45, 7) is 1.84. The molecule has 2 aromatic carbocycles. The third-order valence-electron chi connectivity index (χ3n) is 6.41. The van der Waals surface area contributed by atoms with Gasteiger partial charge in [0.1, 0.15) is 0 Å². The van der Waals surface area contributed by atoms with Gasteiger partial charge in [0.25, 0.3) is 0 Å². The number of primary amides is 1. The van der Waals surface area contributed by atoms with Gasteiger partial charge in [0, 0.05) is 43.9 Å². The molecule has 0 bridgehead atoms. The molecule has 0 spiro atoms. The van der Waals surface area contributed by atoms with Gasteiger partial charge in [-0.25, -0.2) is 13.2 Å². The van der Waals surface area contributed by atoms with Gasteiger partial charge in [-0.1, -0.05) is 30.3 Å². The van der Waals surface area contributed by atoms with Crippen LogP contribution in [0.4, 0.5) is 18.0 Å². The average molecular weight is 496 g/mol. The molecular formula is C23H24F3N3O4S. The minimum absolute atomic E-state index is 0.0922. The molecule has 2 aliphatic heterocycles. The fourth-order valence-corrected chi connectivity index (χ4v) is 5.32. The number of carbonyl (C=O) groups is 2. The molecule has 7 nitrogen and oxygen atoms in total. The number of urea groups is 1. The van der Waals surface area contributed by atoms with E-state index in [2.05, 4.69) is 0 Å². The lowest BCUT2D eigenvalue weighted by Gasteiger charge is -2.41. The predicted octanol–water partition coefficient (Wildman–Crippen LogP) is 3.10. The summed E-state index contributed by atoms with van der Waals surface area (Å²) < 4.78 is 63.6. The monoisotopic (exact) mass is 495 g/mol. The maximum absolute atomic E-state index is 13.1. The maximum atomic E-state index is 13.1. The molecule has 0 aromatic heterocycles. The van der Waals surface area contributed by atoms with Gasteiger partial charge in [0.2, 0.25) is 5.91 Å². The molecule has 2 aromatic rings. The second kappa shape index (κ2) is 8.61. The summed E-state index contributed by atoms with van der Waals surface area (Å²) in [5.41, 5.74) is 5.93. The fourth-order valence-electron chi connectivity index (χ4n) is 4.39. The van der Waals surface area contributed by atoms with Crippen LogP contribution in [-0.2, 0) is 20.8 Å². The highest BCUT2D eigenvalue weighted by atomic mass is 32.2. The van der Waals surface area contributed by atoms with Crippen LogP contribution in [-0.4, -0.2) is 62.6 Å². The third kappa shape index (κ3) is 4.75. The van der Waals surface area contributed by atoms with E-state index in [0.29, 0.717) is 44.2 Å². The summed E-state index contributed by atoms with van der Waals surface area (Å²) in [5, 5.41) is 0. The number of benzene rings is 2. The van der Waals surface area contributed by atoms with Crippen LogP contribution >= 0.6 is 0 Å². The van der Waals surface area contributed by atoms with Gasteiger partial charge in [-0.15, -0.1) is 0 Å². The van der Waals surface area contributed by atoms with Crippen molar-refractivity contribution in [1.29, 1.82) is 0 Å². The minimum Gasteiger partial charge on any atom is -0.369 e. The molecule has 34 heavy (non-hydrogen) atoms. The van der Waals surface area contributed by atoms with Crippen LogP contribution in [0.5, 0.6) is 0 Å². The zero-order valence-corrected chi connectivity index (χ0v) is 19.2. The highest BCUT2D eigenvalue weighted by Crippen LogP contribution is 2.36. The average Bonchev–Trinajstić information content (AvgIpc) is 3.22. The van der Waals surface area contributed by atoms with Crippen LogP contribution in [0.25, 0.3) is 11.1 Å². The van der Waals surface area contributed by atoms with Crippen molar-refractivity contribution in [3.8, 4) is 11.1 Å². The van der Waals surface area contributed by atoms with Gasteiger partial charge in [-0.05, 0) is 29.7 Å². The Morgan fingerprint density at radius 3 is 2.18 bits per heavy atom. The number of hydrogen-bond donors (Lipinski definition) is 1. The van der Waals surface area contributed by atoms with Crippen LogP contribution in [0.2, 0.25) is 0 Å². The van der Waals surface area contributed by atoms with Crippen LogP contribution in [0, 0.1) is 5.92 Å². The molecule has 0 radical (unpaired) electrons. The number of halogens is 3. The quantitative estimate of drug-likeness (QED) is 0.704. The van der Waals surface area contributed by atoms with E-state index in [-0.39, 0.29) is 28.3 Å². The number of likely N-dealkylation sites (tertiary alicyclic amines) is 2. The molecule has 2 fully saturated rings. The van der Waals surface area contributed by atoms with E-state index in [1.807, 2.05) is 0 Å². The largest absolute Gasteiger partial charge is 0.416 e.